The molecule has 2 aromatic rings. The van der Waals surface area contributed by atoms with Crippen molar-refractivity contribution >= 4 is 0 Å². The second-order valence-electron chi connectivity index (χ2n) is 5.22. The minimum Gasteiger partial charge on any atom is -0.314 e. The molecule has 0 atom stereocenters. The summed E-state index contributed by atoms with van der Waals surface area (Å²) in [6.45, 7) is 0. The first-order valence-corrected chi connectivity index (χ1v) is 6.50. The van der Waals surface area contributed by atoms with Gasteiger partial charge in [0.05, 0.1) is 5.69 Å². The van der Waals surface area contributed by atoms with Gasteiger partial charge in [0.25, 0.3) is 0 Å². The van der Waals surface area contributed by atoms with E-state index in [9.17, 15) is 0 Å². The van der Waals surface area contributed by atoms with Crippen LogP contribution < -0.4 is 5.32 Å². The van der Waals surface area contributed by atoms with Gasteiger partial charge in [0.1, 0.15) is 0 Å². The summed E-state index contributed by atoms with van der Waals surface area (Å²) >= 11 is 0. The van der Waals surface area contributed by atoms with Crippen LogP contribution in [0.4, 0.5) is 0 Å². The molecule has 1 heterocycles. The Labute approximate surface area is 108 Å². The van der Waals surface area contributed by atoms with E-state index in [1.54, 1.807) is 0 Å². The van der Waals surface area contributed by atoms with Crippen molar-refractivity contribution in [1.29, 1.82) is 0 Å². The van der Waals surface area contributed by atoms with E-state index < -0.39 is 0 Å². The van der Waals surface area contributed by atoms with E-state index in [2.05, 4.69) is 47.8 Å². The van der Waals surface area contributed by atoms with Crippen molar-refractivity contribution in [2.75, 3.05) is 7.05 Å². The highest BCUT2D eigenvalue weighted by Gasteiger charge is 2.41. The molecule has 94 valence electrons. The van der Waals surface area contributed by atoms with Gasteiger partial charge in [-0.1, -0.05) is 30.3 Å². The van der Waals surface area contributed by atoms with Crippen LogP contribution in [0, 0.1) is 0 Å². The molecule has 0 unspecified atom stereocenters. The molecule has 1 aliphatic rings. The lowest BCUT2D eigenvalue weighted by molar-refractivity contribution is 0.525. The van der Waals surface area contributed by atoms with Gasteiger partial charge in [-0.25, -0.2) is 0 Å². The summed E-state index contributed by atoms with van der Waals surface area (Å²) < 4.78 is 2.01. The Hall–Kier alpha value is -1.61. The van der Waals surface area contributed by atoms with E-state index in [4.69, 9.17) is 0 Å². The lowest BCUT2D eigenvalue weighted by Gasteiger charge is -2.13. The topological polar surface area (TPSA) is 29.9 Å². The zero-order valence-electron chi connectivity index (χ0n) is 11.0. The second kappa shape index (κ2) is 4.25. The van der Waals surface area contributed by atoms with Crippen molar-refractivity contribution in [2.45, 2.75) is 24.8 Å². The molecule has 0 amide bonds. The van der Waals surface area contributed by atoms with Crippen molar-refractivity contribution in [2.24, 2.45) is 7.05 Å². The monoisotopic (exact) mass is 241 g/mol. The van der Waals surface area contributed by atoms with Gasteiger partial charge in [-0.05, 0) is 26.0 Å². The fraction of sp³-hybridized carbons (Fsp3) is 0.400. The zero-order valence-corrected chi connectivity index (χ0v) is 11.0. The third-order valence-corrected chi connectivity index (χ3v) is 3.95. The predicted molar refractivity (Wildman–Crippen MR) is 73.4 cm³/mol. The minimum atomic E-state index is 0.335. The Morgan fingerprint density at radius 3 is 2.61 bits per heavy atom. The first-order valence-electron chi connectivity index (χ1n) is 6.50. The molecule has 1 aromatic carbocycles. The van der Waals surface area contributed by atoms with Crippen LogP contribution in [0.2, 0.25) is 0 Å². The van der Waals surface area contributed by atoms with Crippen molar-refractivity contribution in [3.8, 4) is 11.3 Å². The summed E-state index contributed by atoms with van der Waals surface area (Å²) in [4.78, 5) is 0. The Balaban J connectivity index is 1.87. The Bertz CT molecular complexity index is 538. The zero-order chi connectivity index (χ0) is 12.6. The largest absolute Gasteiger partial charge is 0.314 e. The maximum Gasteiger partial charge on any atom is 0.0925 e. The first-order chi connectivity index (χ1) is 8.72. The van der Waals surface area contributed by atoms with E-state index in [-0.39, 0.29) is 0 Å². The number of nitrogens with one attached hydrogen (secondary N) is 1. The van der Waals surface area contributed by atoms with Gasteiger partial charge in [0, 0.05) is 30.3 Å². The molecule has 1 N–H and O–H groups in total. The number of hydrogen-bond acceptors (Lipinski definition) is 2. The molecule has 0 saturated heterocycles. The number of aryl methyl sites for hydroxylation is 1. The average molecular weight is 241 g/mol. The normalized spacial score (nSPS) is 16.8. The molecule has 1 saturated carbocycles. The first kappa shape index (κ1) is 11.5. The lowest BCUT2D eigenvalue weighted by atomic mass is 10.1. The highest BCUT2D eigenvalue weighted by atomic mass is 15.3. The number of rotatable bonds is 4. The summed E-state index contributed by atoms with van der Waals surface area (Å²) in [5, 5.41) is 8.05. The van der Waals surface area contributed by atoms with Crippen molar-refractivity contribution in [1.82, 2.24) is 15.1 Å². The van der Waals surface area contributed by atoms with Gasteiger partial charge < -0.3 is 5.32 Å². The van der Waals surface area contributed by atoms with Gasteiger partial charge in [-0.15, -0.1) is 0 Å². The fourth-order valence-electron chi connectivity index (χ4n) is 2.43. The van der Waals surface area contributed by atoms with Crippen LogP contribution in [0.25, 0.3) is 11.3 Å². The van der Waals surface area contributed by atoms with Crippen molar-refractivity contribution in [3.63, 3.8) is 0 Å². The van der Waals surface area contributed by atoms with Crippen LogP contribution in [0.1, 0.15) is 18.5 Å². The quantitative estimate of drug-likeness (QED) is 0.890. The molecular weight excluding hydrogens is 222 g/mol. The van der Waals surface area contributed by atoms with Gasteiger partial charge in [-0.2, -0.15) is 5.10 Å². The molecule has 0 bridgehead atoms. The Kier molecular flexibility index (Phi) is 2.71. The summed E-state index contributed by atoms with van der Waals surface area (Å²) in [5.41, 5.74) is 3.90. The molecule has 0 aliphatic heterocycles. The standard InChI is InChI=1S/C15H19N3/c1-16-15(8-9-15)11-13-10-14(17-18(13)2)12-6-4-3-5-7-12/h3-7,10,16H,8-9,11H2,1-2H3. The van der Waals surface area contributed by atoms with Crippen molar-refractivity contribution < 1.29 is 0 Å². The van der Waals surface area contributed by atoms with E-state index in [1.807, 2.05) is 17.8 Å². The summed E-state index contributed by atoms with van der Waals surface area (Å²) in [5.74, 6) is 0. The third kappa shape index (κ3) is 2.06. The van der Waals surface area contributed by atoms with Crippen LogP contribution in [-0.4, -0.2) is 22.4 Å². The number of nitrogens with zero attached hydrogens (tertiary/aromatic N) is 2. The molecule has 1 fully saturated rings. The number of aromatic nitrogens is 2. The van der Waals surface area contributed by atoms with Crippen LogP contribution in [0.3, 0.4) is 0 Å². The molecule has 18 heavy (non-hydrogen) atoms. The van der Waals surface area contributed by atoms with E-state index in [0.717, 1.165) is 12.1 Å². The fourth-order valence-corrected chi connectivity index (χ4v) is 2.43. The van der Waals surface area contributed by atoms with Gasteiger partial charge in [0.15, 0.2) is 0 Å². The molecule has 3 rings (SSSR count). The van der Waals surface area contributed by atoms with Gasteiger partial charge in [-0.3, -0.25) is 4.68 Å². The summed E-state index contributed by atoms with van der Waals surface area (Å²) in [7, 11) is 4.09. The van der Waals surface area contributed by atoms with E-state index in [0.29, 0.717) is 5.54 Å². The number of likely N-dealkylation sites (N-methyl/N-ethyl adjacent to an activating group) is 1. The highest BCUT2D eigenvalue weighted by molar-refractivity contribution is 5.59. The second-order valence-corrected chi connectivity index (χ2v) is 5.22. The molecule has 3 nitrogen and oxygen atoms in total. The molecule has 0 spiro atoms. The molecular formula is C15H19N3. The van der Waals surface area contributed by atoms with Crippen LogP contribution in [0.5, 0.6) is 0 Å². The maximum atomic E-state index is 4.62. The van der Waals surface area contributed by atoms with E-state index in [1.165, 1.54) is 24.1 Å². The van der Waals surface area contributed by atoms with E-state index >= 15 is 0 Å². The Morgan fingerprint density at radius 1 is 1.28 bits per heavy atom. The smallest absolute Gasteiger partial charge is 0.0925 e. The SMILES string of the molecule is CNC1(Cc2cc(-c3ccccc3)nn2C)CC1. The number of benzene rings is 1. The maximum absolute atomic E-state index is 4.62. The van der Waals surface area contributed by atoms with Crippen LogP contribution >= 0.6 is 0 Å². The van der Waals surface area contributed by atoms with Crippen molar-refractivity contribution in [3.05, 3.63) is 42.1 Å². The van der Waals surface area contributed by atoms with Gasteiger partial charge in [0.2, 0.25) is 0 Å². The third-order valence-electron chi connectivity index (χ3n) is 3.95. The Morgan fingerprint density at radius 2 is 2.00 bits per heavy atom. The van der Waals surface area contributed by atoms with Crippen LogP contribution in [-0.2, 0) is 13.5 Å². The molecule has 3 heteroatoms. The molecule has 1 aliphatic carbocycles. The summed E-state index contributed by atoms with van der Waals surface area (Å²) in [6.07, 6.45) is 3.62. The summed E-state index contributed by atoms with van der Waals surface area (Å²) in [6, 6.07) is 12.6. The molecule has 0 radical (unpaired) electrons. The molecule has 1 aromatic heterocycles. The number of hydrogen-bond donors (Lipinski definition) is 1. The predicted octanol–water partition coefficient (Wildman–Crippen LogP) is 2.38. The lowest BCUT2D eigenvalue weighted by Crippen LogP contribution is -2.30. The average Bonchev–Trinajstić information content (AvgIpc) is 3.09. The highest BCUT2D eigenvalue weighted by Crippen LogP contribution is 2.38. The minimum absolute atomic E-state index is 0.335. The van der Waals surface area contributed by atoms with Gasteiger partial charge >= 0.3 is 0 Å². The van der Waals surface area contributed by atoms with Crippen LogP contribution in [0.15, 0.2) is 36.4 Å².